The summed E-state index contributed by atoms with van der Waals surface area (Å²) in [4.78, 5) is 16.5. The fourth-order valence-electron chi connectivity index (χ4n) is 2.19. The number of carbonyl (C=O) groups excluding carboxylic acids is 1. The molecule has 3 nitrogen and oxygen atoms in total. The fraction of sp³-hybridized carbons (Fsp3) is 0.500. The summed E-state index contributed by atoms with van der Waals surface area (Å²) < 4.78 is 13.2. The number of hydrogen-bond donors (Lipinski definition) is 0. The van der Waals surface area contributed by atoms with Crippen LogP contribution in [0.4, 0.5) is 4.39 Å². The summed E-state index contributed by atoms with van der Waals surface area (Å²) in [6.45, 7) is 5.99. The maximum Gasteiger partial charge on any atom is 0.177 e. The lowest BCUT2D eigenvalue weighted by Gasteiger charge is -2.31. The number of rotatable bonds is 3. The lowest BCUT2D eigenvalue weighted by Crippen LogP contribution is -2.46. The van der Waals surface area contributed by atoms with E-state index in [2.05, 4.69) is 16.8 Å². The summed E-state index contributed by atoms with van der Waals surface area (Å²) >= 11 is 0. The van der Waals surface area contributed by atoms with E-state index < -0.39 is 0 Å². The molecule has 2 rings (SSSR count). The lowest BCUT2D eigenvalue weighted by molar-refractivity contribution is 0.0875. The molecule has 1 aliphatic heterocycles. The Morgan fingerprint density at radius 1 is 1.28 bits per heavy atom. The van der Waals surface area contributed by atoms with Crippen LogP contribution in [0.1, 0.15) is 15.9 Å². The molecule has 98 valence electrons. The molecule has 1 aromatic rings. The van der Waals surface area contributed by atoms with Crippen molar-refractivity contribution in [3.63, 3.8) is 0 Å². The van der Waals surface area contributed by atoms with Crippen LogP contribution in [-0.2, 0) is 0 Å². The molecule has 18 heavy (non-hydrogen) atoms. The Bertz CT molecular complexity index is 439. The molecule has 1 fully saturated rings. The predicted molar refractivity (Wildman–Crippen MR) is 69.4 cm³/mol. The Balaban J connectivity index is 2.01. The van der Waals surface area contributed by atoms with Crippen molar-refractivity contribution in [1.82, 2.24) is 9.80 Å². The SMILES string of the molecule is Cc1ccc(F)cc1C(=O)CN1CCN(C)CC1. The molecule has 0 bridgehead atoms. The van der Waals surface area contributed by atoms with Crippen molar-refractivity contribution in [2.75, 3.05) is 39.8 Å². The normalized spacial score (nSPS) is 17.9. The van der Waals surface area contributed by atoms with Crippen molar-refractivity contribution >= 4 is 5.78 Å². The van der Waals surface area contributed by atoms with Gasteiger partial charge in [0.15, 0.2) is 5.78 Å². The zero-order chi connectivity index (χ0) is 13.1. The average Bonchev–Trinajstić information content (AvgIpc) is 2.35. The van der Waals surface area contributed by atoms with Gasteiger partial charge in [-0.2, -0.15) is 0 Å². The van der Waals surface area contributed by atoms with E-state index in [0.717, 1.165) is 31.7 Å². The molecular formula is C14H19FN2O. The van der Waals surface area contributed by atoms with Gasteiger partial charge in [-0.15, -0.1) is 0 Å². The summed E-state index contributed by atoms with van der Waals surface area (Å²) in [6, 6.07) is 4.39. The molecule has 1 aliphatic rings. The third-order valence-corrected chi connectivity index (χ3v) is 3.46. The molecule has 1 saturated heterocycles. The minimum absolute atomic E-state index is 0.0107. The fourth-order valence-corrected chi connectivity index (χ4v) is 2.19. The number of carbonyl (C=O) groups is 1. The number of hydrogen-bond acceptors (Lipinski definition) is 3. The van der Waals surface area contributed by atoms with E-state index in [1.165, 1.54) is 12.1 Å². The van der Waals surface area contributed by atoms with Crippen LogP contribution in [-0.4, -0.2) is 55.4 Å². The van der Waals surface area contributed by atoms with Crippen molar-refractivity contribution in [1.29, 1.82) is 0 Å². The molecule has 0 aromatic heterocycles. The van der Waals surface area contributed by atoms with Crippen LogP contribution < -0.4 is 0 Å². The number of nitrogens with zero attached hydrogens (tertiary/aromatic N) is 2. The van der Waals surface area contributed by atoms with Crippen LogP contribution in [0.3, 0.4) is 0 Å². The summed E-state index contributed by atoms with van der Waals surface area (Å²) in [5, 5.41) is 0. The van der Waals surface area contributed by atoms with Gasteiger partial charge in [0, 0.05) is 31.7 Å². The van der Waals surface area contributed by atoms with Gasteiger partial charge in [-0.25, -0.2) is 4.39 Å². The summed E-state index contributed by atoms with van der Waals surface area (Å²) in [6.07, 6.45) is 0. The highest BCUT2D eigenvalue weighted by Gasteiger charge is 2.18. The van der Waals surface area contributed by atoms with Gasteiger partial charge in [0.25, 0.3) is 0 Å². The van der Waals surface area contributed by atoms with E-state index in [0.29, 0.717) is 12.1 Å². The first-order valence-electron chi connectivity index (χ1n) is 6.26. The number of likely N-dealkylation sites (N-methyl/N-ethyl adjacent to an activating group) is 1. The van der Waals surface area contributed by atoms with Gasteiger partial charge < -0.3 is 4.90 Å². The number of piperazine rings is 1. The van der Waals surface area contributed by atoms with E-state index in [1.54, 1.807) is 6.07 Å². The molecule has 0 unspecified atom stereocenters. The summed E-state index contributed by atoms with van der Waals surface area (Å²) in [5.41, 5.74) is 1.35. The summed E-state index contributed by atoms with van der Waals surface area (Å²) in [5.74, 6) is -0.334. The Morgan fingerprint density at radius 2 is 1.94 bits per heavy atom. The van der Waals surface area contributed by atoms with Crippen molar-refractivity contribution < 1.29 is 9.18 Å². The van der Waals surface area contributed by atoms with E-state index in [9.17, 15) is 9.18 Å². The number of halogens is 1. The van der Waals surface area contributed by atoms with Crippen LogP contribution in [0.2, 0.25) is 0 Å². The first-order valence-corrected chi connectivity index (χ1v) is 6.26. The van der Waals surface area contributed by atoms with Gasteiger partial charge in [0.05, 0.1) is 6.54 Å². The van der Waals surface area contributed by atoms with Gasteiger partial charge in [-0.3, -0.25) is 9.69 Å². The van der Waals surface area contributed by atoms with Crippen LogP contribution in [0.15, 0.2) is 18.2 Å². The molecule has 1 heterocycles. The predicted octanol–water partition coefficient (Wildman–Crippen LogP) is 1.56. The number of aryl methyl sites for hydroxylation is 1. The smallest absolute Gasteiger partial charge is 0.177 e. The van der Waals surface area contributed by atoms with Gasteiger partial charge >= 0.3 is 0 Å². The zero-order valence-corrected chi connectivity index (χ0v) is 10.9. The Morgan fingerprint density at radius 3 is 2.61 bits per heavy atom. The topological polar surface area (TPSA) is 23.6 Å². The van der Waals surface area contributed by atoms with Gasteiger partial charge in [0.2, 0.25) is 0 Å². The first kappa shape index (κ1) is 13.2. The standard InChI is InChI=1S/C14H19FN2O/c1-11-3-4-12(15)9-13(11)14(18)10-17-7-5-16(2)6-8-17/h3-4,9H,5-8,10H2,1-2H3. The molecule has 0 aliphatic carbocycles. The number of ketones is 1. The molecule has 0 amide bonds. The van der Waals surface area contributed by atoms with Gasteiger partial charge in [-0.05, 0) is 31.7 Å². The zero-order valence-electron chi connectivity index (χ0n) is 10.9. The third kappa shape index (κ3) is 3.15. The van der Waals surface area contributed by atoms with E-state index in [4.69, 9.17) is 0 Å². The van der Waals surface area contributed by atoms with Crippen molar-refractivity contribution in [2.24, 2.45) is 0 Å². The Kier molecular flexibility index (Phi) is 4.09. The highest BCUT2D eigenvalue weighted by atomic mass is 19.1. The molecule has 0 atom stereocenters. The molecule has 0 N–H and O–H groups in total. The van der Waals surface area contributed by atoms with E-state index in [-0.39, 0.29) is 11.6 Å². The quantitative estimate of drug-likeness (QED) is 0.761. The van der Waals surface area contributed by atoms with Crippen molar-refractivity contribution in [3.8, 4) is 0 Å². The number of benzene rings is 1. The van der Waals surface area contributed by atoms with E-state index >= 15 is 0 Å². The Labute approximate surface area is 107 Å². The van der Waals surface area contributed by atoms with Crippen LogP contribution in [0.5, 0.6) is 0 Å². The van der Waals surface area contributed by atoms with Crippen molar-refractivity contribution in [3.05, 3.63) is 35.1 Å². The van der Waals surface area contributed by atoms with Crippen LogP contribution in [0.25, 0.3) is 0 Å². The minimum Gasteiger partial charge on any atom is -0.304 e. The van der Waals surface area contributed by atoms with Gasteiger partial charge in [0.1, 0.15) is 5.82 Å². The lowest BCUT2D eigenvalue weighted by atomic mass is 10.0. The third-order valence-electron chi connectivity index (χ3n) is 3.46. The Hall–Kier alpha value is -1.26. The van der Waals surface area contributed by atoms with Crippen LogP contribution >= 0.6 is 0 Å². The maximum atomic E-state index is 13.2. The second-order valence-corrected chi connectivity index (χ2v) is 4.96. The van der Waals surface area contributed by atoms with Crippen LogP contribution in [0, 0.1) is 12.7 Å². The minimum atomic E-state index is -0.345. The number of Topliss-reactive ketones (excluding diaryl/α,β-unsaturated/α-hetero) is 1. The molecule has 0 radical (unpaired) electrons. The second-order valence-electron chi connectivity index (χ2n) is 4.96. The average molecular weight is 250 g/mol. The highest BCUT2D eigenvalue weighted by Crippen LogP contribution is 2.12. The molecule has 0 saturated carbocycles. The highest BCUT2D eigenvalue weighted by molar-refractivity contribution is 5.98. The first-order chi connectivity index (χ1) is 8.56. The molecule has 0 spiro atoms. The molecular weight excluding hydrogens is 231 g/mol. The summed E-state index contributed by atoms with van der Waals surface area (Å²) in [7, 11) is 2.08. The second kappa shape index (κ2) is 5.59. The van der Waals surface area contributed by atoms with Gasteiger partial charge in [-0.1, -0.05) is 6.07 Å². The molecule has 4 heteroatoms. The molecule has 1 aromatic carbocycles. The maximum absolute atomic E-state index is 13.2. The monoisotopic (exact) mass is 250 g/mol. The van der Waals surface area contributed by atoms with Crippen molar-refractivity contribution in [2.45, 2.75) is 6.92 Å². The van der Waals surface area contributed by atoms with E-state index in [1.807, 2.05) is 6.92 Å². The largest absolute Gasteiger partial charge is 0.304 e.